The van der Waals surface area contributed by atoms with E-state index in [0.717, 1.165) is 11.5 Å². The van der Waals surface area contributed by atoms with E-state index in [-0.39, 0.29) is 5.69 Å². The Balaban J connectivity index is 2.35. The van der Waals surface area contributed by atoms with E-state index in [0.29, 0.717) is 11.6 Å². The maximum absolute atomic E-state index is 11.2. The molecule has 0 radical (unpaired) electrons. The number of hydrogen-bond donors (Lipinski definition) is 0. The second-order valence-corrected chi connectivity index (χ2v) is 7.47. The molecule has 0 atom stereocenters. The van der Waals surface area contributed by atoms with Crippen LogP contribution < -0.4 is 0 Å². The molecule has 0 aliphatic carbocycles. The van der Waals surface area contributed by atoms with Crippen LogP contribution in [-0.4, -0.2) is 41.5 Å². The van der Waals surface area contributed by atoms with Crippen LogP contribution in [0.2, 0.25) is 0 Å². The Morgan fingerprint density at radius 1 is 1.40 bits per heavy atom. The van der Waals surface area contributed by atoms with Gasteiger partial charge < -0.3 is 4.90 Å². The maximum atomic E-state index is 11.2. The molecule has 0 amide bonds. The fourth-order valence-corrected chi connectivity index (χ4v) is 5.37. The average molecular weight is 309 g/mol. The van der Waals surface area contributed by atoms with E-state index in [2.05, 4.69) is 11.0 Å². The molecule has 0 bridgehead atoms. The first-order chi connectivity index (χ1) is 9.50. The van der Waals surface area contributed by atoms with Gasteiger partial charge in [-0.1, -0.05) is 12.1 Å². The van der Waals surface area contributed by atoms with Gasteiger partial charge in [0.2, 0.25) is 0 Å². The van der Waals surface area contributed by atoms with Crippen molar-refractivity contribution in [3.05, 3.63) is 39.9 Å². The molecule has 1 heterocycles. The van der Waals surface area contributed by atoms with Gasteiger partial charge in [0.1, 0.15) is 0 Å². The first-order valence-corrected chi connectivity index (χ1v) is 8.07. The van der Waals surface area contributed by atoms with E-state index in [1.165, 1.54) is 29.6 Å². The average Bonchev–Trinajstić information content (AvgIpc) is 2.47. The van der Waals surface area contributed by atoms with E-state index in [9.17, 15) is 15.4 Å². The third-order valence-electron chi connectivity index (χ3n) is 3.29. The van der Waals surface area contributed by atoms with Crippen molar-refractivity contribution in [3.8, 4) is 6.07 Å². The summed E-state index contributed by atoms with van der Waals surface area (Å²) in [6.07, 6.45) is 0. The summed E-state index contributed by atoms with van der Waals surface area (Å²) >= 11 is 2.97. The zero-order valence-electron chi connectivity index (χ0n) is 11.3. The molecule has 0 spiro atoms. The lowest BCUT2D eigenvalue weighted by Gasteiger charge is -2.36. The van der Waals surface area contributed by atoms with Gasteiger partial charge in [-0.05, 0) is 20.2 Å². The predicted molar refractivity (Wildman–Crippen MR) is 82.8 cm³/mol. The highest BCUT2D eigenvalue weighted by Crippen LogP contribution is 2.52. The highest BCUT2D eigenvalue weighted by Gasteiger charge is 2.43. The zero-order chi connectivity index (χ0) is 14.8. The molecule has 1 saturated heterocycles. The predicted octanol–water partition coefficient (Wildman–Crippen LogP) is 2.68. The van der Waals surface area contributed by atoms with Gasteiger partial charge in [-0.15, -0.1) is 23.5 Å². The molecular formula is C13H15N3O2S2. The molecule has 2 rings (SSSR count). The fraction of sp³-hybridized carbons (Fsp3) is 0.462. The summed E-state index contributed by atoms with van der Waals surface area (Å²) in [6, 6.07) is 9.22. The summed E-state index contributed by atoms with van der Waals surface area (Å²) < 4.78 is -0.879. The van der Waals surface area contributed by atoms with Crippen LogP contribution in [0.1, 0.15) is 5.56 Å². The topological polar surface area (TPSA) is 70.2 Å². The minimum Gasteiger partial charge on any atom is -0.305 e. The molecule has 0 unspecified atom stereocenters. The second-order valence-electron chi connectivity index (χ2n) is 4.74. The van der Waals surface area contributed by atoms with Crippen LogP contribution >= 0.6 is 23.5 Å². The summed E-state index contributed by atoms with van der Waals surface area (Å²) in [4.78, 5) is 12.9. The molecule has 0 aromatic heterocycles. The summed E-state index contributed by atoms with van der Waals surface area (Å²) in [5, 5.41) is 20.8. The molecule has 1 aromatic rings. The van der Waals surface area contributed by atoms with Crippen molar-refractivity contribution < 1.29 is 4.92 Å². The summed E-state index contributed by atoms with van der Waals surface area (Å²) in [5.74, 6) is 1.58. The number of nitro groups is 1. The summed E-state index contributed by atoms with van der Waals surface area (Å²) in [6.45, 7) is 0. The van der Waals surface area contributed by atoms with Crippen molar-refractivity contribution in [2.45, 2.75) is 10.1 Å². The lowest BCUT2D eigenvalue weighted by molar-refractivity contribution is -0.385. The molecule has 20 heavy (non-hydrogen) atoms. The number of para-hydroxylation sites is 1. The van der Waals surface area contributed by atoms with Crippen molar-refractivity contribution in [2.75, 3.05) is 25.6 Å². The van der Waals surface area contributed by atoms with Crippen LogP contribution in [0.5, 0.6) is 0 Å². The number of nitrogens with zero attached hydrogens (tertiary/aromatic N) is 3. The Labute approximate surface area is 126 Å². The van der Waals surface area contributed by atoms with Crippen molar-refractivity contribution in [1.29, 1.82) is 5.26 Å². The summed E-state index contributed by atoms with van der Waals surface area (Å²) in [5.41, 5.74) is 0.525. The Hall–Kier alpha value is -1.23. The lowest BCUT2D eigenvalue weighted by Crippen LogP contribution is -2.39. The SMILES string of the molecule is CN(C)C1CSC(C#N)(c2ccccc2[N+](=O)[O-])SC1. The Bertz CT molecular complexity index is 549. The molecule has 7 heteroatoms. The van der Waals surface area contributed by atoms with Crippen LogP contribution in [0.4, 0.5) is 5.69 Å². The van der Waals surface area contributed by atoms with Crippen LogP contribution in [0, 0.1) is 21.4 Å². The molecule has 0 N–H and O–H groups in total. The molecular weight excluding hydrogens is 294 g/mol. The standard InChI is InChI=1S/C13H15N3O2S2/c1-15(2)10-7-19-13(9-14,20-8-10)11-5-3-4-6-12(11)16(17)18/h3-6,10H,7-8H2,1-2H3. The first-order valence-electron chi connectivity index (χ1n) is 6.09. The van der Waals surface area contributed by atoms with Crippen molar-refractivity contribution in [2.24, 2.45) is 0 Å². The van der Waals surface area contributed by atoms with Gasteiger partial charge in [0.05, 0.1) is 16.6 Å². The highest BCUT2D eigenvalue weighted by atomic mass is 32.2. The van der Waals surface area contributed by atoms with Gasteiger partial charge in [0, 0.05) is 23.6 Å². The molecule has 1 fully saturated rings. The Kier molecular flexibility index (Phi) is 4.58. The number of thioether (sulfide) groups is 2. The third kappa shape index (κ3) is 2.77. The smallest absolute Gasteiger partial charge is 0.275 e. The van der Waals surface area contributed by atoms with Gasteiger partial charge in [0.25, 0.3) is 5.69 Å². The summed E-state index contributed by atoms with van der Waals surface area (Å²) in [7, 11) is 4.02. The normalized spacial score (nSPS) is 26.2. The quantitative estimate of drug-likeness (QED) is 0.631. The molecule has 1 aliphatic heterocycles. The number of nitro benzene ring substituents is 1. The Morgan fingerprint density at radius 2 is 2.00 bits per heavy atom. The van der Waals surface area contributed by atoms with Gasteiger partial charge in [-0.3, -0.25) is 10.1 Å². The number of benzene rings is 1. The van der Waals surface area contributed by atoms with E-state index >= 15 is 0 Å². The number of rotatable bonds is 3. The first kappa shape index (κ1) is 15.2. The third-order valence-corrected chi connectivity index (χ3v) is 6.54. The second kappa shape index (κ2) is 6.04. The van der Waals surface area contributed by atoms with Crippen molar-refractivity contribution in [1.82, 2.24) is 4.90 Å². The largest absolute Gasteiger partial charge is 0.305 e. The van der Waals surface area contributed by atoms with Crippen molar-refractivity contribution in [3.63, 3.8) is 0 Å². The van der Waals surface area contributed by atoms with Crippen LogP contribution in [0.15, 0.2) is 24.3 Å². The van der Waals surface area contributed by atoms with E-state index in [1.54, 1.807) is 18.2 Å². The van der Waals surface area contributed by atoms with Gasteiger partial charge >= 0.3 is 0 Å². The highest BCUT2D eigenvalue weighted by molar-refractivity contribution is 8.18. The fourth-order valence-electron chi connectivity index (χ4n) is 2.01. The molecule has 1 aliphatic rings. The van der Waals surface area contributed by atoms with Gasteiger partial charge in [0.15, 0.2) is 4.08 Å². The minimum atomic E-state index is -0.879. The Morgan fingerprint density at radius 3 is 2.50 bits per heavy atom. The maximum Gasteiger partial charge on any atom is 0.275 e. The van der Waals surface area contributed by atoms with E-state index < -0.39 is 9.00 Å². The number of hydrogen-bond acceptors (Lipinski definition) is 6. The zero-order valence-corrected chi connectivity index (χ0v) is 12.9. The molecule has 106 valence electrons. The van der Waals surface area contributed by atoms with Crippen LogP contribution in [-0.2, 0) is 4.08 Å². The molecule has 1 aromatic carbocycles. The van der Waals surface area contributed by atoms with E-state index in [4.69, 9.17) is 0 Å². The molecule has 5 nitrogen and oxygen atoms in total. The molecule has 0 saturated carbocycles. The van der Waals surface area contributed by atoms with Crippen molar-refractivity contribution >= 4 is 29.2 Å². The van der Waals surface area contributed by atoms with Gasteiger partial charge in [-0.2, -0.15) is 5.26 Å². The monoisotopic (exact) mass is 309 g/mol. The minimum absolute atomic E-state index is 0.0253. The van der Waals surface area contributed by atoms with Crippen LogP contribution in [0.3, 0.4) is 0 Å². The van der Waals surface area contributed by atoms with Gasteiger partial charge in [-0.25, -0.2) is 0 Å². The number of nitriles is 1. The van der Waals surface area contributed by atoms with Crippen LogP contribution in [0.25, 0.3) is 0 Å². The lowest BCUT2D eigenvalue weighted by atomic mass is 10.1. The van der Waals surface area contributed by atoms with E-state index in [1.807, 2.05) is 14.1 Å².